The second-order valence-corrected chi connectivity index (χ2v) is 4.90. The van der Waals surface area contributed by atoms with Gasteiger partial charge in [0.25, 0.3) is 0 Å². The normalized spacial score (nSPS) is 10.2. The number of nitrogens with zero attached hydrogens (tertiary/aromatic N) is 4. The fourth-order valence-electron chi connectivity index (χ4n) is 2.02. The monoisotopic (exact) mass is 322 g/mol. The van der Waals surface area contributed by atoms with Crippen molar-refractivity contribution in [2.24, 2.45) is 0 Å². The predicted molar refractivity (Wildman–Crippen MR) is 92.3 cm³/mol. The quantitative estimate of drug-likeness (QED) is 0.691. The Balaban J connectivity index is 1.77. The number of benzene rings is 1. The summed E-state index contributed by atoms with van der Waals surface area (Å²) in [4.78, 5) is 17.0. The molecular weight excluding hydrogens is 304 g/mol. The minimum absolute atomic E-state index is 0.277. The van der Waals surface area contributed by atoms with Gasteiger partial charge in [0, 0.05) is 24.6 Å². The summed E-state index contributed by atoms with van der Waals surface area (Å²) in [6, 6.07) is 13.8. The number of pyridine rings is 1. The van der Waals surface area contributed by atoms with Crippen LogP contribution in [0.15, 0.2) is 54.9 Å². The van der Waals surface area contributed by atoms with Gasteiger partial charge in [0.15, 0.2) is 0 Å². The van der Waals surface area contributed by atoms with E-state index in [-0.39, 0.29) is 6.01 Å². The van der Waals surface area contributed by atoms with Gasteiger partial charge in [-0.15, -0.1) is 0 Å². The highest BCUT2D eigenvalue weighted by atomic mass is 16.5. The van der Waals surface area contributed by atoms with Crippen molar-refractivity contribution in [3.05, 3.63) is 60.4 Å². The van der Waals surface area contributed by atoms with Gasteiger partial charge in [0.1, 0.15) is 0 Å². The SMILES string of the molecule is CCOc1nc(NCc2cccnc2)nc(Nc2ccccc2)n1. The molecule has 24 heavy (non-hydrogen) atoms. The summed E-state index contributed by atoms with van der Waals surface area (Å²) < 4.78 is 5.42. The maximum atomic E-state index is 5.42. The molecule has 0 aliphatic carbocycles. The molecule has 0 amide bonds. The molecule has 0 aliphatic rings. The molecule has 0 unspecified atom stereocenters. The highest BCUT2D eigenvalue weighted by molar-refractivity contribution is 5.54. The molecule has 0 spiro atoms. The number of ether oxygens (including phenoxy) is 1. The van der Waals surface area contributed by atoms with Gasteiger partial charge >= 0.3 is 6.01 Å². The zero-order chi connectivity index (χ0) is 16.6. The summed E-state index contributed by atoms with van der Waals surface area (Å²) >= 11 is 0. The van der Waals surface area contributed by atoms with E-state index >= 15 is 0 Å². The van der Waals surface area contributed by atoms with Gasteiger partial charge in [0.2, 0.25) is 11.9 Å². The van der Waals surface area contributed by atoms with E-state index in [1.54, 1.807) is 12.4 Å². The van der Waals surface area contributed by atoms with Gasteiger partial charge < -0.3 is 15.4 Å². The predicted octanol–water partition coefficient (Wildman–Crippen LogP) is 3.02. The lowest BCUT2D eigenvalue weighted by atomic mass is 10.3. The second kappa shape index (κ2) is 7.87. The molecule has 0 bridgehead atoms. The Bertz CT molecular complexity index is 767. The lowest BCUT2D eigenvalue weighted by Gasteiger charge is -2.10. The van der Waals surface area contributed by atoms with Crippen LogP contribution < -0.4 is 15.4 Å². The summed E-state index contributed by atoms with van der Waals surface area (Å²) in [6.07, 6.45) is 3.53. The molecule has 0 aliphatic heterocycles. The van der Waals surface area contributed by atoms with Crippen molar-refractivity contribution < 1.29 is 4.74 Å². The first-order valence-electron chi connectivity index (χ1n) is 7.67. The van der Waals surface area contributed by atoms with Crippen molar-refractivity contribution in [1.82, 2.24) is 19.9 Å². The van der Waals surface area contributed by atoms with Crippen LogP contribution in [0.25, 0.3) is 0 Å². The highest BCUT2D eigenvalue weighted by Gasteiger charge is 2.08. The van der Waals surface area contributed by atoms with Crippen molar-refractivity contribution in [3.63, 3.8) is 0 Å². The minimum atomic E-state index is 0.277. The average molecular weight is 322 g/mol. The Labute approximate surface area is 140 Å². The van der Waals surface area contributed by atoms with E-state index in [2.05, 4.69) is 30.6 Å². The zero-order valence-corrected chi connectivity index (χ0v) is 13.3. The molecule has 7 nitrogen and oxygen atoms in total. The van der Waals surface area contributed by atoms with Crippen LogP contribution in [0.1, 0.15) is 12.5 Å². The number of hydrogen-bond acceptors (Lipinski definition) is 7. The van der Waals surface area contributed by atoms with E-state index in [4.69, 9.17) is 4.74 Å². The third-order valence-electron chi connectivity index (χ3n) is 3.09. The van der Waals surface area contributed by atoms with Crippen LogP contribution in [0.5, 0.6) is 6.01 Å². The van der Waals surface area contributed by atoms with E-state index in [0.29, 0.717) is 25.0 Å². The zero-order valence-electron chi connectivity index (χ0n) is 13.3. The average Bonchev–Trinajstić information content (AvgIpc) is 2.62. The molecule has 3 aromatic rings. The number of para-hydroxylation sites is 1. The summed E-state index contributed by atoms with van der Waals surface area (Å²) in [7, 11) is 0. The summed E-state index contributed by atoms with van der Waals surface area (Å²) in [6.45, 7) is 2.93. The van der Waals surface area contributed by atoms with Gasteiger partial charge in [-0.1, -0.05) is 24.3 Å². The Morgan fingerprint density at radius 3 is 2.54 bits per heavy atom. The standard InChI is InChI=1S/C17H18N6O/c1-2-24-17-22-15(19-12-13-7-6-10-18-11-13)21-16(23-17)20-14-8-4-3-5-9-14/h3-11H,2,12H2,1H3,(H2,19,20,21,22,23). The van der Waals surface area contributed by atoms with Gasteiger partial charge in [0.05, 0.1) is 6.61 Å². The smallest absolute Gasteiger partial charge is 0.323 e. The van der Waals surface area contributed by atoms with Crippen LogP contribution in [-0.2, 0) is 6.54 Å². The fraction of sp³-hybridized carbons (Fsp3) is 0.176. The van der Waals surface area contributed by atoms with E-state index in [0.717, 1.165) is 11.3 Å². The number of nitrogens with one attached hydrogen (secondary N) is 2. The van der Waals surface area contributed by atoms with Crippen LogP contribution in [0.3, 0.4) is 0 Å². The molecule has 0 radical (unpaired) electrons. The molecule has 122 valence electrons. The van der Waals surface area contributed by atoms with E-state index in [1.165, 1.54) is 0 Å². The van der Waals surface area contributed by atoms with Crippen LogP contribution in [-0.4, -0.2) is 26.5 Å². The molecule has 2 aromatic heterocycles. The Morgan fingerprint density at radius 1 is 0.958 bits per heavy atom. The molecule has 2 N–H and O–H groups in total. The number of aromatic nitrogens is 4. The first kappa shape index (κ1) is 15.7. The highest BCUT2D eigenvalue weighted by Crippen LogP contribution is 2.16. The van der Waals surface area contributed by atoms with Gasteiger partial charge in [-0.25, -0.2) is 0 Å². The van der Waals surface area contributed by atoms with Gasteiger partial charge in [-0.2, -0.15) is 15.0 Å². The van der Waals surface area contributed by atoms with Crippen molar-refractivity contribution in [2.75, 3.05) is 17.2 Å². The van der Waals surface area contributed by atoms with Crippen molar-refractivity contribution in [3.8, 4) is 6.01 Å². The van der Waals surface area contributed by atoms with Crippen molar-refractivity contribution >= 4 is 17.6 Å². The van der Waals surface area contributed by atoms with E-state index < -0.39 is 0 Å². The second-order valence-electron chi connectivity index (χ2n) is 4.90. The van der Waals surface area contributed by atoms with Crippen LogP contribution >= 0.6 is 0 Å². The lowest BCUT2D eigenvalue weighted by Crippen LogP contribution is -2.09. The Hall–Kier alpha value is -3.22. The molecule has 7 heteroatoms. The first-order valence-corrected chi connectivity index (χ1v) is 7.67. The van der Waals surface area contributed by atoms with E-state index in [1.807, 2.05) is 49.4 Å². The third-order valence-corrected chi connectivity index (χ3v) is 3.09. The van der Waals surface area contributed by atoms with E-state index in [9.17, 15) is 0 Å². The minimum Gasteiger partial charge on any atom is -0.464 e. The number of anilines is 3. The largest absolute Gasteiger partial charge is 0.464 e. The van der Waals surface area contributed by atoms with Gasteiger partial charge in [-0.05, 0) is 30.7 Å². The molecule has 0 atom stereocenters. The number of rotatable bonds is 7. The number of hydrogen-bond donors (Lipinski definition) is 2. The Morgan fingerprint density at radius 2 is 1.79 bits per heavy atom. The summed E-state index contributed by atoms with van der Waals surface area (Å²) in [5.74, 6) is 0.865. The summed E-state index contributed by atoms with van der Waals surface area (Å²) in [5.41, 5.74) is 1.93. The third kappa shape index (κ3) is 4.39. The van der Waals surface area contributed by atoms with Crippen LogP contribution in [0.4, 0.5) is 17.6 Å². The molecule has 2 heterocycles. The molecule has 0 saturated carbocycles. The Kier molecular flexibility index (Phi) is 5.14. The molecule has 0 fully saturated rings. The van der Waals surface area contributed by atoms with Crippen molar-refractivity contribution in [1.29, 1.82) is 0 Å². The lowest BCUT2D eigenvalue weighted by molar-refractivity contribution is 0.312. The molecule has 1 aromatic carbocycles. The topological polar surface area (TPSA) is 84.8 Å². The molecule has 0 saturated heterocycles. The maximum absolute atomic E-state index is 5.42. The first-order chi connectivity index (χ1) is 11.8. The molecular formula is C17H18N6O. The van der Waals surface area contributed by atoms with Gasteiger partial charge in [-0.3, -0.25) is 4.98 Å². The van der Waals surface area contributed by atoms with Crippen molar-refractivity contribution in [2.45, 2.75) is 13.5 Å². The maximum Gasteiger partial charge on any atom is 0.323 e. The van der Waals surface area contributed by atoms with Crippen LogP contribution in [0, 0.1) is 0 Å². The van der Waals surface area contributed by atoms with Crippen LogP contribution in [0.2, 0.25) is 0 Å². The molecule has 3 rings (SSSR count). The summed E-state index contributed by atoms with van der Waals surface area (Å²) in [5, 5.41) is 6.31. The fourth-order valence-corrected chi connectivity index (χ4v) is 2.02.